The van der Waals surface area contributed by atoms with Gasteiger partial charge in [-0.2, -0.15) is 5.26 Å². The molecular formula is C25H30N4O5. The number of nitrogens with two attached hydrogens (primary N) is 1. The van der Waals surface area contributed by atoms with E-state index in [1.807, 2.05) is 50.2 Å². The monoisotopic (exact) mass is 466 g/mol. The van der Waals surface area contributed by atoms with Gasteiger partial charge in [-0.1, -0.05) is 12.1 Å². The smallest absolute Gasteiger partial charge is 0.200 e. The fourth-order valence-electron chi connectivity index (χ4n) is 4.71. The maximum atomic E-state index is 10.0. The molecule has 9 nitrogen and oxygen atoms in total. The topological polar surface area (TPSA) is 120 Å². The summed E-state index contributed by atoms with van der Waals surface area (Å²) in [6.07, 6.45) is -0.457. The Morgan fingerprint density at radius 2 is 1.74 bits per heavy atom. The van der Waals surface area contributed by atoms with Crippen LogP contribution in [0.2, 0.25) is 0 Å². The van der Waals surface area contributed by atoms with Gasteiger partial charge in [-0.15, -0.1) is 0 Å². The lowest BCUT2D eigenvalue weighted by Crippen LogP contribution is -2.41. The van der Waals surface area contributed by atoms with E-state index < -0.39 is 6.23 Å². The van der Waals surface area contributed by atoms with Gasteiger partial charge < -0.3 is 29.4 Å². The van der Waals surface area contributed by atoms with Crippen molar-refractivity contribution < 1.29 is 23.7 Å². The molecule has 0 bridgehead atoms. The van der Waals surface area contributed by atoms with Crippen molar-refractivity contribution >= 4 is 0 Å². The normalized spacial score (nSPS) is 23.5. The largest absolute Gasteiger partial charge is 0.494 e. The number of nitriles is 1. The highest BCUT2D eigenvalue weighted by Gasteiger charge is 2.50. The Balaban J connectivity index is 1.82. The summed E-state index contributed by atoms with van der Waals surface area (Å²) in [7, 11) is 3.17. The van der Waals surface area contributed by atoms with Crippen molar-refractivity contribution in [1.29, 1.82) is 5.26 Å². The fourth-order valence-corrected chi connectivity index (χ4v) is 4.71. The van der Waals surface area contributed by atoms with E-state index in [1.165, 1.54) is 0 Å². The van der Waals surface area contributed by atoms with Gasteiger partial charge in [0.2, 0.25) is 5.88 Å². The highest BCUT2D eigenvalue weighted by molar-refractivity contribution is 5.50. The van der Waals surface area contributed by atoms with E-state index in [1.54, 1.807) is 14.2 Å². The van der Waals surface area contributed by atoms with Crippen molar-refractivity contribution in [3.05, 3.63) is 59.0 Å². The van der Waals surface area contributed by atoms with Crippen molar-refractivity contribution in [2.75, 3.05) is 27.4 Å². The van der Waals surface area contributed by atoms with Crippen LogP contribution in [0.25, 0.3) is 0 Å². The molecule has 4 atom stereocenters. The first-order valence-corrected chi connectivity index (χ1v) is 11.2. The maximum absolute atomic E-state index is 10.0. The van der Waals surface area contributed by atoms with Gasteiger partial charge in [0.05, 0.1) is 39.0 Å². The molecule has 9 heteroatoms. The Kier molecular flexibility index (Phi) is 7.01. The van der Waals surface area contributed by atoms with Crippen molar-refractivity contribution in [1.82, 2.24) is 10.9 Å². The van der Waals surface area contributed by atoms with E-state index in [2.05, 4.69) is 16.9 Å². The number of allylic oxidation sites excluding steroid dienone is 1. The molecule has 0 amide bonds. The average Bonchev–Trinajstić information content (AvgIpc) is 3.26. The molecule has 0 saturated carbocycles. The predicted molar refractivity (Wildman–Crippen MR) is 125 cm³/mol. The van der Waals surface area contributed by atoms with Crippen LogP contribution in [0.3, 0.4) is 0 Å². The third-order valence-corrected chi connectivity index (χ3v) is 6.15. The van der Waals surface area contributed by atoms with E-state index >= 15 is 0 Å². The van der Waals surface area contributed by atoms with Crippen LogP contribution in [-0.2, 0) is 4.74 Å². The first kappa shape index (κ1) is 23.5. The van der Waals surface area contributed by atoms with Gasteiger partial charge in [0.15, 0.2) is 17.7 Å². The van der Waals surface area contributed by atoms with Crippen LogP contribution >= 0.6 is 0 Å². The van der Waals surface area contributed by atoms with Gasteiger partial charge in [-0.3, -0.25) is 0 Å². The number of fused-ring (bicyclic) bond motifs is 1. The van der Waals surface area contributed by atoms with Gasteiger partial charge in [0, 0.05) is 23.5 Å². The molecular weight excluding hydrogens is 436 g/mol. The number of methoxy groups -OCH3 is 2. The summed E-state index contributed by atoms with van der Waals surface area (Å²) in [4.78, 5) is 0. The lowest BCUT2D eigenvalue weighted by atomic mass is 9.74. The quantitative estimate of drug-likeness (QED) is 0.539. The fraction of sp³-hybridized carbons (Fsp3) is 0.400. The third kappa shape index (κ3) is 4.18. The van der Waals surface area contributed by atoms with Gasteiger partial charge >= 0.3 is 0 Å². The number of nitrogens with one attached hydrogen (secondary N) is 2. The molecule has 0 spiro atoms. The third-order valence-electron chi connectivity index (χ3n) is 6.15. The van der Waals surface area contributed by atoms with Crippen LogP contribution in [0.1, 0.15) is 36.9 Å². The van der Waals surface area contributed by atoms with E-state index in [-0.39, 0.29) is 23.8 Å². The second kappa shape index (κ2) is 10.1. The van der Waals surface area contributed by atoms with Crippen LogP contribution < -0.4 is 35.5 Å². The SMILES string of the molecule is CCOc1ccc(C2NNC3OC(N)=C(C#N)C(c4ccc(OC)c(OC)c4)C32)c(OCC)c1. The standard InChI is InChI=1S/C25H30N4O5/c1-5-32-15-8-9-16(19(12-15)33-6-2)23-22-21(14-7-10-18(30-3)20(11-14)31-4)17(13-26)24(27)34-25(22)29-28-23/h7-12,21-23,25,28-29H,5-6,27H2,1-4H3. The number of hydrazine groups is 1. The zero-order valence-electron chi connectivity index (χ0n) is 19.8. The van der Waals surface area contributed by atoms with E-state index in [0.717, 1.165) is 16.9 Å². The Hall–Kier alpha value is -3.61. The number of hydrogen-bond acceptors (Lipinski definition) is 9. The van der Waals surface area contributed by atoms with Crippen LogP contribution in [0.4, 0.5) is 0 Å². The Morgan fingerprint density at radius 1 is 0.971 bits per heavy atom. The zero-order chi connectivity index (χ0) is 24.2. The minimum Gasteiger partial charge on any atom is -0.494 e. The summed E-state index contributed by atoms with van der Waals surface area (Å²) in [6, 6.07) is 13.5. The van der Waals surface area contributed by atoms with Crippen LogP contribution in [0.15, 0.2) is 47.9 Å². The number of rotatable bonds is 8. The molecule has 0 radical (unpaired) electrons. The molecule has 1 fully saturated rings. The Bertz CT molecular complexity index is 1110. The molecule has 0 aliphatic carbocycles. The van der Waals surface area contributed by atoms with E-state index in [4.69, 9.17) is 29.4 Å². The molecule has 34 heavy (non-hydrogen) atoms. The van der Waals surface area contributed by atoms with E-state index in [9.17, 15) is 5.26 Å². The molecule has 2 aromatic carbocycles. The van der Waals surface area contributed by atoms with Crippen molar-refractivity contribution in [2.45, 2.75) is 32.0 Å². The summed E-state index contributed by atoms with van der Waals surface area (Å²) < 4.78 is 28.5. The summed E-state index contributed by atoms with van der Waals surface area (Å²) >= 11 is 0. The molecule has 4 unspecified atom stereocenters. The minimum atomic E-state index is -0.457. The van der Waals surface area contributed by atoms with Gasteiger partial charge in [-0.25, -0.2) is 10.9 Å². The molecule has 2 aliphatic rings. The van der Waals surface area contributed by atoms with Crippen LogP contribution in [-0.4, -0.2) is 33.7 Å². The highest BCUT2D eigenvalue weighted by atomic mass is 16.5. The molecule has 2 aromatic rings. The highest BCUT2D eigenvalue weighted by Crippen LogP contribution is 2.50. The summed E-state index contributed by atoms with van der Waals surface area (Å²) in [5.41, 5.74) is 14.9. The van der Waals surface area contributed by atoms with E-state index in [0.29, 0.717) is 36.0 Å². The van der Waals surface area contributed by atoms with Crippen molar-refractivity contribution in [2.24, 2.45) is 11.7 Å². The predicted octanol–water partition coefficient (Wildman–Crippen LogP) is 3.10. The second-order valence-electron chi connectivity index (χ2n) is 7.93. The van der Waals surface area contributed by atoms with Crippen molar-refractivity contribution in [3.63, 3.8) is 0 Å². The lowest BCUT2D eigenvalue weighted by Gasteiger charge is -2.36. The van der Waals surface area contributed by atoms with Gasteiger partial charge in [0.25, 0.3) is 0 Å². The van der Waals surface area contributed by atoms with Crippen LogP contribution in [0.5, 0.6) is 23.0 Å². The minimum absolute atomic E-state index is 0.107. The van der Waals surface area contributed by atoms with Crippen LogP contribution in [0, 0.1) is 17.2 Å². The average molecular weight is 467 g/mol. The molecule has 4 N–H and O–H groups in total. The number of hydrogen-bond donors (Lipinski definition) is 3. The molecule has 2 aliphatic heterocycles. The van der Waals surface area contributed by atoms with Crippen molar-refractivity contribution in [3.8, 4) is 29.1 Å². The summed E-state index contributed by atoms with van der Waals surface area (Å²) in [5, 5.41) is 10.0. The first-order chi connectivity index (χ1) is 16.6. The molecule has 1 saturated heterocycles. The number of ether oxygens (including phenoxy) is 5. The Labute approximate surface area is 199 Å². The second-order valence-corrected chi connectivity index (χ2v) is 7.93. The van der Waals surface area contributed by atoms with Gasteiger partial charge in [-0.05, 0) is 37.6 Å². The first-order valence-electron chi connectivity index (χ1n) is 11.2. The Morgan fingerprint density at radius 3 is 2.41 bits per heavy atom. The molecule has 0 aromatic heterocycles. The summed E-state index contributed by atoms with van der Waals surface area (Å²) in [5.74, 6) is 2.15. The number of nitrogens with zero attached hydrogens (tertiary/aromatic N) is 1. The molecule has 4 rings (SSSR count). The molecule has 180 valence electrons. The maximum Gasteiger partial charge on any atom is 0.200 e. The number of benzene rings is 2. The zero-order valence-corrected chi connectivity index (χ0v) is 19.8. The summed E-state index contributed by atoms with van der Waals surface area (Å²) in [6.45, 7) is 4.94. The van der Waals surface area contributed by atoms with Gasteiger partial charge in [0.1, 0.15) is 17.6 Å². The lowest BCUT2D eigenvalue weighted by molar-refractivity contribution is 0.0339. The molecule has 2 heterocycles.